The summed E-state index contributed by atoms with van der Waals surface area (Å²) in [6, 6.07) is 7.01. The fourth-order valence-corrected chi connectivity index (χ4v) is 1.91. The lowest BCUT2D eigenvalue weighted by atomic mass is 10.1. The molecule has 1 heterocycles. The molecule has 0 amide bonds. The molecule has 1 saturated heterocycles. The van der Waals surface area contributed by atoms with E-state index >= 15 is 0 Å². The number of carbonyl (C=O) groups excluding carboxylic acids is 1. The molecule has 0 aromatic heterocycles. The second kappa shape index (κ2) is 6.91. The lowest BCUT2D eigenvalue weighted by molar-refractivity contribution is -0.145. The lowest BCUT2D eigenvalue weighted by Gasteiger charge is -2.07. The van der Waals surface area contributed by atoms with Gasteiger partial charge in [0.25, 0.3) is 0 Å². The van der Waals surface area contributed by atoms with Crippen LogP contribution >= 0.6 is 11.6 Å². The van der Waals surface area contributed by atoms with E-state index in [1.807, 2.05) is 0 Å². The van der Waals surface area contributed by atoms with E-state index in [-0.39, 0.29) is 6.61 Å². The third-order valence-corrected chi connectivity index (χ3v) is 3.34. The van der Waals surface area contributed by atoms with Crippen molar-refractivity contribution < 1.29 is 23.4 Å². The van der Waals surface area contributed by atoms with Gasteiger partial charge in [-0.05, 0) is 43.2 Å². The number of ether oxygens (including phenoxy) is 3. The van der Waals surface area contributed by atoms with Crippen LogP contribution in [0.15, 0.2) is 36.2 Å². The van der Waals surface area contributed by atoms with Gasteiger partial charge < -0.3 is 14.2 Å². The van der Waals surface area contributed by atoms with Crippen molar-refractivity contribution >= 4 is 17.6 Å². The molecule has 1 aromatic rings. The van der Waals surface area contributed by atoms with Crippen LogP contribution in [0.2, 0.25) is 5.02 Å². The third kappa shape index (κ3) is 3.95. The average molecular weight is 315 g/mol. The van der Waals surface area contributed by atoms with E-state index in [4.69, 9.17) is 21.1 Å². The van der Waals surface area contributed by atoms with Gasteiger partial charge in [-0.2, -0.15) is 0 Å². The molecular weight excluding hydrogens is 299 g/mol. The molecule has 1 fully saturated rings. The summed E-state index contributed by atoms with van der Waals surface area (Å²) in [6.07, 6.45) is 2.41. The summed E-state index contributed by atoms with van der Waals surface area (Å²) >= 11 is 5.76. The zero-order valence-corrected chi connectivity index (χ0v) is 12.4. The van der Waals surface area contributed by atoms with Crippen molar-refractivity contribution in [1.82, 2.24) is 0 Å². The molecule has 0 N–H and O–H groups in total. The van der Waals surface area contributed by atoms with E-state index in [1.54, 1.807) is 24.3 Å². The van der Waals surface area contributed by atoms with Crippen molar-refractivity contribution in [2.75, 3.05) is 20.3 Å². The first-order valence-electron chi connectivity index (χ1n) is 6.55. The van der Waals surface area contributed by atoms with E-state index in [0.29, 0.717) is 30.2 Å². The SMILES string of the molecule is COC(=O)C1(/C(F)=C/CCCOc2ccc(Cl)cc2)CO1. The number of epoxide rings is 1. The first-order valence-corrected chi connectivity index (χ1v) is 6.93. The molecular formula is C15H16ClFO4. The Kier molecular flexibility index (Phi) is 5.20. The van der Waals surface area contributed by atoms with Crippen molar-refractivity contribution in [2.24, 2.45) is 0 Å². The molecule has 1 atom stereocenters. The predicted molar refractivity (Wildman–Crippen MR) is 76.1 cm³/mol. The Bertz CT molecular complexity index is 523. The maximum atomic E-state index is 13.9. The summed E-state index contributed by atoms with van der Waals surface area (Å²) < 4.78 is 28.7. The van der Waals surface area contributed by atoms with Gasteiger partial charge in [0.1, 0.15) is 11.6 Å². The molecule has 114 valence electrons. The number of rotatable bonds is 7. The molecule has 4 nitrogen and oxygen atoms in total. The number of hydrogen-bond acceptors (Lipinski definition) is 4. The molecule has 1 unspecified atom stereocenters. The minimum atomic E-state index is -1.49. The Balaban J connectivity index is 1.73. The molecule has 1 aliphatic heterocycles. The minimum absolute atomic E-state index is 0.0310. The number of allylic oxidation sites excluding steroid dienone is 1. The van der Waals surface area contributed by atoms with Crippen molar-refractivity contribution in [2.45, 2.75) is 18.4 Å². The molecule has 0 saturated carbocycles. The summed E-state index contributed by atoms with van der Waals surface area (Å²) in [5, 5.41) is 0.643. The van der Waals surface area contributed by atoms with Crippen LogP contribution < -0.4 is 4.74 Å². The number of halogens is 2. The highest BCUT2D eigenvalue weighted by Gasteiger charge is 2.57. The van der Waals surface area contributed by atoms with Crippen LogP contribution in [0.4, 0.5) is 4.39 Å². The Labute approximate surface area is 127 Å². The number of methoxy groups -OCH3 is 1. The predicted octanol–water partition coefficient (Wildman–Crippen LogP) is 3.29. The lowest BCUT2D eigenvalue weighted by Crippen LogP contribution is -2.26. The van der Waals surface area contributed by atoms with Gasteiger partial charge in [0.05, 0.1) is 20.3 Å². The maximum absolute atomic E-state index is 13.9. The van der Waals surface area contributed by atoms with E-state index in [2.05, 4.69) is 4.74 Å². The Morgan fingerprint density at radius 2 is 2.14 bits per heavy atom. The Morgan fingerprint density at radius 3 is 2.71 bits per heavy atom. The van der Waals surface area contributed by atoms with Crippen LogP contribution in [0.5, 0.6) is 5.75 Å². The summed E-state index contributed by atoms with van der Waals surface area (Å²) in [6.45, 7) is 0.473. The highest BCUT2D eigenvalue weighted by molar-refractivity contribution is 6.30. The first kappa shape index (κ1) is 15.8. The summed E-state index contributed by atoms with van der Waals surface area (Å²) in [5.41, 5.74) is -1.49. The molecule has 1 aliphatic rings. The maximum Gasteiger partial charge on any atom is 0.347 e. The van der Waals surface area contributed by atoms with Crippen molar-refractivity contribution in [3.8, 4) is 5.75 Å². The number of hydrogen-bond donors (Lipinski definition) is 0. The Hall–Kier alpha value is -1.59. The van der Waals surface area contributed by atoms with Crippen molar-refractivity contribution in [1.29, 1.82) is 0 Å². The number of unbranched alkanes of at least 4 members (excludes halogenated alkanes) is 1. The molecule has 0 bridgehead atoms. The van der Waals surface area contributed by atoms with Gasteiger partial charge in [0, 0.05) is 5.02 Å². The summed E-state index contributed by atoms with van der Waals surface area (Å²) in [4.78, 5) is 11.4. The van der Waals surface area contributed by atoms with Gasteiger partial charge in [-0.25, -0.2) is 9.18 Å². The van der Waals surface area contributed by atoms with Crippen molar-refractivity contribution in [3.05, 3.63) is 41.2 Å². The van der Waals surface area contributed by atoms with E-state index in [9.17, 15) is 9.18 Å². The van der Waals surface area contributed by atoms with Gasteiger partial charge in [0.2, 0.25) is 5.60 Å². The Morgan fingerprint density at radius 1 is 1.48 bits per heavy atom. The molecule has 1 aromatic carbocycles. The smallest absolute Gasteiger partial charge is 0.347 e. The first-order chi connectivity index (χ1) is 10.1. The third-order valence-electron chi connectivity index (χ3n) is 3.09. The average Bonchev–Trinajstić information content (AvgIpc) is 3.29. The van der Waals surface area contributed by atoms with E-state index < -0.39 is 17.4 Å². The fraction of sp³-hybridized carbons (Fsp3) is 0.400. The van der Waals surface area contributed by atoms with Crippen LogP contribution in [-0.4, -0.2) is 31.9 Å². The zero-order chi connectivity index (χ0) is 15.3. The van der Waals surface area contributed by atoms with Crippen molar-refractivity contribution in [3.63, 3.8) is 0 Å². The second-order valence-corrected chi connectivity index (χ2v) is 5.04. The van der Waals surface area contributed by atoms with Crippen LogP contribution in [0.1, 0.15) is 12.8 Å². The van der Waals surface area contributed by atoms with Crippen LogP contribution in [0.3, 0.4) is 0 Å². The number of carbonyl (C=O) groups is 1. The molecule has 0 spiro atoms. The highest BCUT2D eigenvalue weighted by atomic mass is 35.5. The van der Waals surface area contributed by atoms with Gasteiger partial charge in [-0.15, -0.1) is 0 Å². The van der Waals surface area contributed by atoms with Crippen LogP contribution in [0.25, 0.3) is 0 Å². The number of benzene rings is 1. The highest BCUT2D eigenvalue weighted by Crippen LogP contribution is 2.37. The zero-order valence-electron chi connectivity index (χ0n) is 11.6. The fourth-order valence-electron chi connectivity index (χ4n) is 1.79. The van der Waals surface area contributed by atoms with E-state index in [1.165, 1.54) is 13.2 Å². The van der Waals surface area contributed by atoms with Gasteiger partial charge in [-0.3, -0.25) is 0 Å². The molecule has 0 radical (unpaired) electrons. The second-order valence-electron chi connectivity index (χ2n) is 4.60. The monoisotopic (exact) mass is 314 g/mol. The topological polar surface area (TPSA) is 48.1 Å². The van der Waals surface area contributed by atoms with Gasteiger partial charge in [0.15, 0.2) is 0 Å². The standard InChI is InChI=1S/C15H16ClFO4/c1-19-14(18)15(10-21-15)13(17)4-2-3-9-20-12-7-5-11(16)6-8-12/h4-8H,2-3,9-10H2,1H3/b13-4-. The van der Waals surface area contributed by atoms with Crippen LogP contribution in [-0.2, 0) is 14.3 Å². The normalized spacial score (nSPS) is 21.0. The molecule has 0 aliphatic carbocycles. The minimum Gasteiger partial charge on any atom is -0.494 e. The largest absolute Gasteiger partial charge is 0.494 e. The van der Waals surface area contributed by atoms with E-state index in [0.717, 1.165) is 0 Å². The quantitative estimate of drug-likeness (QED) is 0.440. The number of esters is 1. The van der Waals surface area contributed by atoms with Gasteiger partial charge >= 0.3 is 5.97 Å². The summed E-state index contributed by atoms with van der Waals surface area (Å²) in [5.74, 6) is -0.588. The molecule has 2 rings (SSSR count). The van der Waals surface area contributed by atoms with Crippen LogP contribution in [0, 0.1) is 0 Å². The molecule has 6 heteroatoms. The van der Waals surface area contributed by atoms with Gasteiger partial charge in [-0.1, -0.05) is 11.6 Å². The molecule has 21 heavy (non-hydrogen) atoms. The summed E-state index contributed by atoms with van der Waals surface area (Å²) in [7, 11) is 1.21.